The van der Waals surface area contributed by atoms with Crippen molar-refractivity contribution in [2.24, 2.45) is 0 Å². The fourth-order valence-corrected chi connectivity index (χ4v) is 3.14. The lowest BCUT2D eigenvalue weighted by molar-refractivity contribution is 0.0686. The number of aromatic nitrogens is 1. The Hall–Kier alpha value is -3.34. The first-order valence-corrected chi connectivity index (χ1v) is 7.46. The fraction of sp³-hybridized carbons (Fsp3) is 0.0526. The first-order valence-electron chi connectivity index (χ1n) is 7.46. The number of allylic oxidation sites excluding steroid dienone is 1. The lowest BCUT2D eigenvalue weighted by Gasteiger charge is -2.10. The van der Waals surface area contributed by atoms with Gasteiger partial charge in [-0.2, -0.15) is 0 Å². The molecule has 1 aliphatic carbocycles. The zero-order valence-electron chi connectivity index (χ0n) is 12.6. The summed E-state index contributed by atoms with van der Waals surface area (Å²) in [4.78, 5) is 22.5. The van der Waals surface area contributed by atoms with Crippen LogP contribution in [0.3, 0.4) is 0 Å². The molecule has 1 heterocycles. The normalized spacial score (nSPS) is 12.9. The first kappa shape index (κ1) is 14.3. The van der Waals surface area contributed by atoms with Crippen LogP contribution in [0.5, 0.6) is 0 Å². The van der Waals surface area contributed by atoms with Crippen LogP contribution in [0.2, 0.25) is 0 Å². The van der Waals surface area contributed by atoms with Crippen molar-refractivity contribution in [2.45, 2.75) is 6.42 Å². The van der Waals surface area contributed by atoms with E-state index in [1.54, 1.807) is 30.3 Å². The molecule has 0 fully saturated rings. The predicted octanol–water partition coefficient (Wildman–Crippen LogP) is 3.48. The molecule has 5 heteroatoms. The van der Waals surface area contributed by atoms with Gasteiger partial charge in [-0.25, -0.2) is 9.59 Å². The highest BCUT2D eigenvalue weighted by Gasteiger charge is 2.19. The Morgan fingerprint density at radius 3 is 2.38 bits per heavy atom. The van der Waals surface area contributed by atoms with Gasteiger partial charge in [0.2, 0.25) is 0 Å². The van der Waals surface area contributed by atoms with E-state index in [1.807, 2.05) is 29.0 Å². The van der Waals surface area contributed by atoms with Gasteiger partial charge < -0.3 is 14.8 Å². The molecular formula is C19H13NO4. The number of carboxylic acids is 2. The summed E-state index contributed by atoms with van der Waals surface area (Å²) in [5.74, 6) is -1.94. The van der Waals surface area contributed by atoms with Gasteiger partial charge >= 0.3 is 11.9 Å². The number of hydrogen-bond donors (Lipinski definition) is 2. The Labute approximate surface area is 137 Å². The third kappa shape index (κ3) is 2.10. The van der Waals surface area contributed by atoms with Crippen LogP contribution in [0.15, 0.2) is 54.7 Å². The second-order valence-corrected chi connectivity index (χ2v) is 5.74. The predicted molar refractivity (Wildman–Crippen MR) is 89.4 cm³/mol. The molecular weight excluding hydrogens is 306 g/mol. The third-order valence-corrected chi connectivity index (χ3v) is 4.35. The van der Waals surface area contributed by atoms with Crippen LogP contribution in [-0.4, -0.2) is 26.7 Å². The van der Waals surface area contributed by atoms with Crippen molar-refractivity contribution in [3.8, 4) is 0 Å². The minimum Gasteiger partial charge on any atom is -0.478 e. The minimum absolute atomic E-state index is 0.223. The number of rotatable bonds is 3. The molecule has 2 aromatic carbocycles. The van der Waals surface area contributed by atoms with Crippen LogP contribution >= 0.6 is 0 Å². The number of aromatic carboxylic acids is 2. The van der Waals surface area contributed by atoms with E-state index in [-0.39, 0.29) is 11.1 Å². The summed E-state index contributed by atoms with van der Waals surface area (Å²) < 4.78 is 1.92. The van der Waals surface area contributed by atoms with Crippen molar-refractivity contribution in [3.63, 3.8) is 0 Å². The van der Waals surface area contributed by atoms with E-state index < -0.39 is 11.9 Å². The molecule has 0 spiro atoms. The van der Waals surface area contributed by atoms with Crippen LogP contribution < -0.4 is 0 Å². The Balaban J connectivity index is 1.89. The highest BCUT2D eigenvalue weighted by atomic mass is 16.4. The van der Waals surface area contributed by atoms with E-state index in [0.29, 0.717) is 0 Å². The number of nitrogens with zero attached hydrogens (tertiary/aromatic N) is 1. The van der Waals surface area contributed by atoms with Gasteiger partial charge in [0.1, 0.15) is 0 Å². The average Bonchev–Trinajstić information content (AvgIpc) is 3.16. The van der Waals surface area contributed by atoms with E-state index in [1.165, 1.54) is 0 Å². The minimum atomic E-state index is -0.974. The average molecular weight is 319 g/mol. The van der Waals surface area contributed by atoms with E-state index in [0.717, 1.165) is 34.1 Å². The first-order chi connectivity index (χ1) is 11.5. The fourth-order valence-electron chi connectivity index (χ4n) is 3.14. The van der Waals surface area contributed by atoms with Crippen molar-refractivity contribution < 1.29 is 19.8 Å². The molecule has 0 unspecified atom stereocenters. The molecule has 5 nitrogen and oxygen atoms in total. The Morgan fingerprint density at radius 2 is 1.62 bits per heavy atom. The molecule has 0 radical (unpaired) electrons. The lowest BCUT2D eigenvalue weighted by Crippen LogP contribution is -2.01. The van der Waals surface area contributed by atoms with Gasteiger partial charge in [-0.15, -0.1) is 0 Å². The highest BCUT2D eigenvalue weighted by molar-refractivity contribution is 5.96. The largest absolute Gasteiger partial charge is 0.478 e. The van der Waals surface area contributed by atoms with Crippen molar-refractivity contribution in [1.29, 1.82) is 0 Å². The molecule has 0 bridgehead atoms. The van der Waals surface area contributed by atoms with Gasteiger partial charge in [0.25, 0.3) is 0 Å². The van der Waals surface area contributed by atoms with Crippen molar-refractivity contribution in [1.82, 2.24) is 4.57 Å². The van der Waals surface area contributed by atoms with Crippen LogP contribution in [0.25, 0.3) is 16.6 Å². The maximum absolute atomic E-state index is 11.2. The molecule has 0 saturated carbocycles. The Bertz CT molecular complexity index is 1040. The second kappa shape index (κ2) is 5.09. The maximum atomic E-state index is 11.2. The number of carbonyl (C=O) groups is 2. The van der Waals surface area contributed by atoms with Gasteiger partial charge in [0.15, 0.2) is 0 Å². The van der Waals surface area contributed by atoms with Gasteiger partial charge in [0.05, 0.1) is 16.6 Å². The topological polar surface area (TPSA) is 79.5 Å². The van der Waals surface area contributed by atoms with Gasteiger partial charge in [-0.3, -0.25) is 0 Å². The summed E-state index contributed by atoms with van der Waals surface area (Å²) in [6.07, 6.45) is 4.64. The summed E-state index contributed by atoms with van der Waals surface area (Å²) in [5.41, 5.74) is 4.06. The number of fused-ring (bicyclic) bond motifs is 2. The van der Waals surface area contributed by atoms with Crippen LogP contribution in [0, 0.1) is 0 Å². The van der Waals surface area contributed by atoms with Crippen molar-refractivity contribution in [3.05, 3.63) is 77.0 Å². The molecule has 0 aliphatic heterocycles. The van der Waals surface area contributed by atoms with Gasteiger partial charge in [0, 0.05) is 17.5 Å². The number of carboxylic acid groups (broad SMARTS) is 2. The molecule has 24 heavy (non-hydrogen) atoms. The highest BCUT2D eigenvalue weighted by Crippen LogP contribution is 2.32. The molecule has 1 aromatic heterocycles. The summed E-state index contributed by atoms with van der Waals surface area (Å²) in [6.45, 7) is 0. The quantitative estimate of drug-likeness (QED) is 0.774. The maximum Gasteiger partial charge on any atom is 0.335 e. The Morgan fingerprint density at radius 1 is 0.917 bits per heavy atom. The molecule has 118 valence electrons. The summed E-state index contributed by atoms with van der Waals surface area (Å²) in [7, 11) is 0. The Kier molecular flexibility index (Phi) is 3.03. The van der Waals surface area contributed by atoms with Crippen LogP contribution in [-0.2, 0) is 6.42 Å². The molecule has 1 aliphatic rings. The van der Waals surface area contributed by atoms with Gasteiger partial charge in [-0.05, 0) is 47.7 Å². The summed E-state index contributed by atoms with van der Waals surface area (Å²) in [5, 5.41) is 19.3. The smallest absolute Gasteiger partial charge is 0.335 e. The molecule has 0 saturated heterocycles. The van der Waals surface area contributed by atoms with Crippen molar-refractivity contribution >= 4 is 28.5 Å². The van der Waals surface area contributed by atoms with Crippen molar-refractivity contribution in [2.75, 3.05) is 0 Å². The molecule has 0 atom stereocenters. The van der Waals surface area contributed by atoms with E-state index in [9.17, 15) is 19.8 Å². The molecule has 4 rings (SSSR count). The third-order valence-electron chi connectivity index (χ3n) is 4.35. The molecule has 2 N–H and O–H groups in total. The van der Waals surface area contributed by atoms with E-state index >= 15 is 0 Å². The SMILES string of the molecule is O=C(O)c1ccc2c(c1)C(n1ccc3ccc(C(=O)O)cc31)=CC2. The molecule has 0 amide bonds. The van der Waals surface area contributed by atoms with E-state index in [2.05, 4.69) is 0 Å². The van der Waals surface area contributed by atoms with Crippen LogP contribution in [0.4, 0.5) is 0 Å². The standard InChI is InChI=1S/C19H13NO4/c21-18(22)13-3-1-11-5-6-16(15(11)9-13)20-8-7-12-2-4-14(19(23)24)10-17(12)20/h1-4,6-10H,5H2,(H,21,22)(H,23,24). The monoisotopic (exact) mass is 319 g/mol. The number of benzene rings is 2. The second-order valence-electron chi connectivity index (χ2n) is 5.74. The molecule has 3 aromatic rings. The summed E-state index contributed by atoms with van der Waals surface area (Å²) >= 11 is 0. The zero-order chi connectivity index (χ0) is 16.8. The number of hydrogen-bond acceptors (Lipinski definition) is 2. The summed E-state index contributed by atoms with van der Waals surface area (Å²) in [6, 6.07) is 12.0. The van der Waals surface area contributed by atoms with Gasteiger partial charge in [-0.1, -0.05) is 18.2 Å². The lowest BCUT2D eigenvalue weighted by atomic mass is 10.0. The van der Waals surface area contributed by atoms with Crippen LogP contribution in [0.1, 0.15) is 31.8 Å². The van der Waals surface area contributed by atoms with E-state index in [4.69, 9.17) is 0 Å². The zero-order valence-corrected chi connectivity index (χ0v) is 12.6.